The van der Waals surface area contributed by atoms with E-state index >= 15 is 0 Å². The summed E-state index contributed by atoms with van der Waals surface area (Å²) in [5.41, 5.74) is -0.428. The number of nitrogens with zero attached hydrogens (tertiary/aromatic N) is 1. The van der Waals surface area contributed by atoms with Crippen LogP contribution in [0.25, 0.3) is 0 Å². The largest absolute Gasteiger partial charge is 0.481 e. The van der Waals surface area contributed by atoms with Crippen molar-refractivity contribution in [3.63, 3.8) is 0 Å². The normalized spacial score (nSPS) is 11.2. The summed E-state index contributed by atoms with van der Waals surface area (Å²) < 4.78 is 25.6. The highest BCUT2D eigenvalue weighted by Gasteiger charge is 2.21. The zero-order valence-electron chi connectivity index (χ0n) is 9.37. The molecular formula is C9H9ClN2O6S. The number of non-ortho nitro benzene ring substituents is 1. The van der Waals surface area contributed by atoms with Crippen LogP contribution in [0.15, 0.2) is 23.1 Å². The molecule has 0 aliphatic carbocycles. The van der Waals surface area contributed by atoms with Crippen molar-refractivity contribution in [1.82, 2.24) is 4.72 Å². The third kappa shape index (κ3) is 4.16. The Morgan fingerprint density at radius 2 is 2.11 bits per heavy atom. The topological polar surface area (TPSA) is 127 Å². The van der Waals surface area contributed by atoms with Crippen molar-refractivity contribution in [2.24, 2.45) is 0 Å². The Hall–Kier alpha value is -1.71. The molecule has 0 bridgehead atoms. The Morgan fingerprint density at radius 1 is 1.47 bits per heavy atom. The second-order valence-electron chi connectivity index (χ2n) is 3.41. The first-order valence-corrected chi connectivity index (χ1v) is 6.75. The molecule has 2 N–H and O–H groups in total. The SMILES string of the molecule is O=C(O)CCNS(=O)(=O)c1cc([N+](=O)[O-])ccc1Cl. The van der Waals surface area contributed by atoms with E-state index in [1.165, 1.54) is 0 Å². The molecule has 19 heavy (non-hydrogen) atoms. The molecule has 0 fully saturated rings. The van der Waals surface area contributed by atoms with Gasteiger partial charge in [-0.25, -0.2) is 13.1 Å². The number of benzene rings is 1. The first-order valence-electron chi connectivity index (χ1n) is 4.89. The van der Waals surface area contributed by atoms with Crippen molar-refractivity contribution >= 4 is 33.3 Å². The number of halogens is 1. The van der Waals surface area contributed by atoms with Crippen molar-refractivity contribution in [3.05, 3.63) is 33.3 Å². The Kier molecular flexibility index (Phi) is 4.81. The van der Waals surface area contributed by atoms with Crippen LogP contribution in [-0.4, -0.2) is 31.0 Å². The van der Waals surface area contributed by atoms with Gasteiger partial charge in [0, 0.05) is 18.7 Å². The van der Waals surface area contributed by atoms with Gasteiger partial charge in [0.05, 0.1) is 16.4 Å². The lowest BCUT2D eigenvalue weighted by molar-refractivity contribution is -0.385. The average Bonchev–Trinajstić information content (AvgIpc) is 2.28. The van der Waals surface area contributed by atoms with Gasteiger partial charge in [-0.15, -0.1) is 0 Å². The highest BCUT2D eigenvalue weighted by Crippen LogP contribution is 2.25. The van der Waals surface area contributed by atoms with Gasteiger partial charge < -0.3 is 5.11 Å². The second-order valence-corrected chi connectivity index (χ2v) is 5.56. The van der Waals surface area contributed by atoms with Gasteiger partial charge in [-0.3, -0.25) is 14.9 Å². The molecule has 0 radical (unpaired) electrons. The smallest absolute Gasteiger partial charge is 0.304 e. The van der Waals surface area contributed by atoms with E-state index in [0.717, 1.165) is 18.2 Å². The fourth-order valence-electron chi connectivity index (χ4n) is 1.18. The summed E-state index contributed by atoms with van der Waals surface area (Å²) in [6.07, 6.45) is -0.411. The molecule has 8 nitrogen and oxygen atoms in total. The van der Waals surface area contributed by atoms with E-state index in [4.69, 9.17) is 16.7 Å². The summed E-state index contributed by atoms with van der Waals surface area (Å²) in [7, 11) is -4.09. The van der Waals surface area contributed by atoms with Crippen LogP contribution in [0.1, 0.15) is 6.42 Å². The van der Waals surface area contributed by atoms with Crippen LogP contribution < -0.4 is 4.72 Å². The number of nitro groups is 1. The number of sulfonamides is 1. The fraction of sp³-hybridized carbons (Fsp3) is 0.222. The van der Waals surface area contributed by atoms with E-state index in [2.05, 4.69) is 0 Å². The lowest BCUT2D eigenvalue weighted by atomic mass is 10.3. The Bertz CT molecular complexity index is 615. The molecule has 0 atom stereocenters. The minimum absolute atomic E-state index is 0.187. The predicted octanol–water partition coefficient (Wildman–Crippen LogP) is 1.00. The van der Waals surface area contributed by atoms with Crippen LogP contribution in [0, 0.1) is 10.1 Å². The molecular weight excluding hydrogens is 300 g/mol. The summed E-state index contributed by atoms with van der Waals surface area (Å²) >= 11 is 5.67. The first kappa shape index (κ1) is 15.3. The highest BCUT2D eigenvalue weighted by atomic mass is 35.5. The van der Waals surface area contributed by atoms with E-state index in [0.29, 0.717) is 0 Å². The maximum absolute atomic E-state index is 11.8. The summed E-state index contributed by atoms with van der Waals surface area (Å²) in [4.78, 5) is 19.6. The van der Waals surface area contributed by atoms with E-state index in [-0.39, 0.29) is 11.6 Å². The van der Waals surface area contributed by atoms with Crippen molar-refractivity contribution in [1.29, 1.82) is 0 Å². The molecule has 0 spiro atoms. The average molecular weight is 309 g/mol. The number of hydrogen-bond donors (Lipinski definition) is 2. The molecule has 104 valence electrons. The molecule has 1 aromatic rings. The molecule has 0 saturated carbocycles. The minimum Gasteiger partial charge on any atom is -0.481 e. The number of nitrogens with one attached hydrogen (secondary N) is 1. The van der Waals surface area contributed by atoms with Gasteiger partial charge in [0.1, 0.15) is 4.90 Å². The molecule has 10 heteroatoms. The van der Waals surface area contributed by atoms with Crippen LogP contribution in [0.2, 0.25) is 5.02 Å². The quantitative estimate of drug-likeness (QED) is 0.596. The number of rotatable bonds is 6. The zero-order chi connectivity index (χ0) is 14.6. The summed E-state index contributed by atoms with van der Waals surface area (Å²) in [5, 5.41) is 18.8. The van der Waals surface area contributed by atoms with Gasteiger partial charge >= 0.3 is 5.97 Å². The van der Waals surface area contributed by atoms with E-state index in [1.807, 2.05) is 4.72 Å². The molecule has 0 aromatic heterocycles. The van der Waals surface area contributed by atoms with Crippen molar-refractivity contribution in [2.75, 3.05) is 6.54 Å². The molecule has 0 unspecified atom stereocenters. The number of nitro benzene ring substituents is 1. The van der Waals surface area contributed by atoms with Gasteiger partial charge in [0.25, 0.3) is 5.69 Å². The zero-order valence-corrected chi connectivity index (χ0v) is 10.9. The van der Waals surface area contributed by atoms with Crippen molar-refractivity contribution in [2.45, 2.75) is 11.3 Å². The predicted molar refractivity (Wildman–Crippen MR) is 65.5 cm³/mol. The third-order valence-corrected chi connectivity index (χ3v) is 3.99. The maximum Gasteiger partial charge on any atom is 0.304 e. The van der Waals surface area contributed by atoms with Gasteiger partial charge in [0.2, 0.25) is 10.0 Å². The standard InChI is InChI=1S/C9H9ClN2O6S/c10-7-2-1-6(12(15)16)5-8(7)19(17,18)11-4-3-9(13)14/h1-2,5,11H,3-4H2,(H,13,14). The Balaban J connectivity index is 3.03. The summed E-state index contributed by atoms with van der Waals surface area (Å²) in [5.74, 6) is -1.17. The van der Waals surface area contributed by atoms with Crippen LogP contribution >= 0.6 is 11.6 Å². The number of carboxylic acids is 1. The number of hydrogen-bond acceptors (Lipinski definition) is 5. The maximum atomic E-state index is 11.8. The molecule has 0 amide bonds. The molecule has 0 aliphatic rings. The van der Waals surface area contributed by atoms with Crippen molar-refractivity contribution in [3.8, 4) is 0 Å². The minimum atomic E-state index is -4.09. The lowest BCUT2D eigenvalue weighted by Crippen LogP contribution is -2.26. The van der Waals surface area contributed by atoms with Gasteiger partial charge in [-0.05, 0) is 6.07 Å². The Labute approximate surface area is 113 Å². The number of carboxylic acid groups (broad SMARTS) is 1. The fourth-order valence-corrected chi connectivity index (χ4v) is 2.73. The highest BCUT2D eigenvalue weighted by molar-refractivity contribution is 7.89. The third-order valence-electron chi connectivity index (χ3n) is 2.05. The second kappa shape index (κ2) is 5.95. The summed E-state index contributed by atoms with van der Waals surface area (Å²) in [6, 6.07) is 2.97. The van der Waals surface area contributed by atoms with Crippen LogP contribution in [0.5, 0.6) is 0 Å². The molecule has 0 heterocycles. The van der Waals surface area contributed by atoms with E-state index < -0.39 is 37.9 Å². The molecule has 0 saturated heterocycles. The molecule has 1 rings (SSSR count). The monoisotopic (exact) mass is 308 g/mol. The number of aliphatic carboxylic acids is 1. The van der Waals surface area contributed by atoms with E-state index in [9.17, 15) is 23.3 Å². The van der Waals surface area contributed by atoms with Crippen LogP contribution in [0.3, 0.4) is 0 Å². The van der Waals surface area contributed by atoms with Crippen molar-refractivity contribution < 1.29 is 23.2 Å². The lowest BCUT2D eigenvalue weighted by Gasteiger charge is -2.07. The summed E-state index contributed by atoms with van der Waals surface area (Å²) in [6.45, 7) is -0.337. The van der Waals surface area contributed by atoms with Gasteiger partial charge in [-0.1, -0.05) is 11.6 Å². The Morgan fingerprint density at radius 3 is 2.63 bits per heavy atom. The van der Waals surface area contributed by atoms with E-state index in [1.54, 1.807) is 0 Å². The molecule has 1 aromatic carbocycles. The van der Waals surface area contributed by atoms with Gasteiger partial charge in [0.15, 0.2) is 0 Å². The number of carbonyl (C=O) groups is 1. The van der Waals surface area contributed by atoms with Crippen LogP contribution in [-0.2, 0) is 14.8 Å². The van der Waals surface area contributed by atoms with Crippen LogP contribution in [0.4, 0.5) is 5.69 Å². The van der Waals surface area contributed by atoms with Gasteiger partial charge in [-0.2, -0.15) is 0 Å². The first-order chi connectivity index (χ1) is 8.74. The molecule has 0 aliphatic heterocycles.